The number of rotatable bonds is 3. The number of para-hydroxylation sites is 4. The zero-order chi connectivity index (χ0) is 30.2. The van der Waals surface area contributed by atoms with Crippen LogP contribution in [0.4, 0.5) is 0 Å². The lowest BCUT2D eigenvalue weighted by atomic mass is 9.98. The molecule has 3 aromatic heterocycles. The van der Waals surface area contributed by atoms with E-state index < -0.39 is 0 Å². The number of hydrogen-bond donors (Lipinski definition) is 0. The summed E-state index contributed by atoms with van der Waals surface area (Å²) in [6, 6.07) is 55.9. The monoisotopic (exact) mass is 586 g/mol. The van der Waals surface area contributed by atoms with Gasteiger partial charge in [0.25, 0.3) is 0 Å². The molecular weight excluding hydrogens is 560 g/mol. The van der Waals surface area contributed by atoms with Crippen LogP contribution in [0.2, 0.25) is 0 Å². The van der Waals surface area contributed by atoms with Gasteiger partial charge in [0.15, 0.2) is 0 Å². The summed E-state index contributed by atoms with van der Waals surface area (Å²) < 4.78 is 8.98. The van der Waals surface area contributed by atoms with Gasteiger partial charge in [-0.05, 0) is 71.1 Å². The van der Waals surface area contributed by atoms with Crippen molar-refractivity contribution in [2.75, 3.05) is 0 Å². The van der Waals surface area contributed by atoms with E-state index in [1.807, 2.05) is 6.07 Å². The highest BCUT2D eigenvalue weighted by Gasteiger charge is 2.18. The van der Waals surface area contributed by atoms with E-state index in [0.29, 0.717) is 0 Å². The van der Waals surface area contributed by atoms with Crippen molar-refractivity contribution >= 4 is 65.4 Å². The van der Waals surface area contributed by atoms with E-state index in [0.717, 1.165) is 60.7 Å². The summed E-state index contributed by atoms with van der Waals surface area (Å²) in [5.41, 5.74) is 10.6. The Morgan fingerprint density at radius 1 is 0.435 bits per heavy atom. The van der Waals surface area contributed by atoms with Crippen molar-refractivity contribution in [2.45, 2.75) is 0 Å². The van der Waals surface area contributed by atoms with Crippen LogP contribution in [0.3, 0.4) is 0 Å². The first-order valence-electron chi connectivity index (χ1n) is 15.6. The molecule has 0 aliphatic carbocycles. The van der Waals surface area contributed by atoms with Crippen molar-refractivity contribution < 1.29 is 4.42 Å². The van der Waals surface area contributed by atoms with Gasteiger partial charge in [0.1, 0.15) is 11.2 Å². The van der Waals surface area contributed by atoms with Crippen LogP contribution in [0.25, 0.3) is 93.5 Å². The molecule has 3 heterocycles. The minimum Gasteiger partial charge on any atom is -0.455 e. The second kappa shape index (κ2) is 9.65. The predicted molar refractivity (Wildman–Crippen MR) is 192 cm³/mol. The van der Waals surface area contributed by atoms with Crippen LogP contribution in [0.5, 0.6) is 0 Å². The summed E-state index contributed by atoms with van der Waals surface area (Å²) in [4.78, 5) is 5.17. The van der Waals surface area contributed by atoms with E-state index in [2.05, 4.69) is 156 Å². The largest absolute Gasteiger partial charge is 0.455 e. The van der Waals surface area contributed by atoms with E-state index >= 15 is 0 Å². The molecule has 0 aliphatic rings. The maximum Gasteiger partial charge on any atom is 0.144 e. The molecule has 7 aromatic carbocycles. The number of benzene rings is 7. The molecule has 46 heavy (non-hydrogen) atoms. The molecule has 0 N–H and O–H groups in total. The third-order valence-corrected chi connectivity index (χ3v) is 9.38. The van der Waals surface area contributed by atoms with E-state index in [1.54, 1.807) is 0 Å². The average molecular weight is 587 g/mol. The van der Waals surface area contributed by atoms with Gasteiger partial charge in [-0.15, -0.1) is 0 Å². The third kappa shape index (κ3) is 3.63. The lowest BCUT2D eigenvalue weighted by Gasteiger charge is -2.10. The molecule has 0 aliphatic heterocycles. The first-order valence-corrected chi connectivity index (χ1v) is 15.6. The van der Waals surface area contributed by atoms with E-state index in [4.69, 9.17) is 9.40 Å². The number of hydrogen-bond acceptors (Lipinski definition) is 2. The van der Waals surface area contributed by atoms with Crippen LogP contribution in [-0.2, 0) is 0 Å². The fourth-order valence-corrected chi connectivity index (χ4v) is 7.28. The van der Waals surface area contributed by atoms with Crippen LogP contribution in [0.1, 0.15) is 0 Å². The van der Waals surface area contributed by atoms with Gasteiger partial charge in [0, 0.05) is 43.6 Å². The van der Waals surface area contributed by atoms with Crippen LogP contribution in [-0.4, -0.2) is 9.55 Å². The minimum atomic E-state index is 0.865. The van der Waals surface area contributed by atoms with Crippen molar-refractivity contribution in [3.63, 3.8) is 0 Å². The van der Waals surface area contributed by atoms with Gasteiger partial charge in [-0.1, -0.05) is 103 Å². The molecule has 10 aromatic rings. The lowest BCUT2D eigenvalue weighted by molar-refractivity contribution is 0.670. The van der Waals surface area contributed by atoms with Crippen molar-refractivity contribution in [3.8, 4) is 28.1 Å². The fraction of sp³-hybridized carbons (Fsp3) is 0. The summed E-state index contributed by atoms with van der Waals surface area (Å²) in [6.07, 6.45) is 0. The van der Waals surface area contributed by atoms with Crippen molar-refractivity contribution in [2.24, 2.45) is 0 Å². The summed E-state index contributed by atoms with van der Waals surface area (Å²) in [5, 5.41) is 8.16. The SMILES string of the molecule is c1ccc(-n2c3ccccc3c3cc(-c4ccc5oc6c(-c7nc8ccccc8c8ccccc78)cccc6c5c4)ccc32)cc1. The molecule has 10 rings (SSSR count). The second-order valence-electron chi connectivity index (χ2n) is 11.9. The zero-order valence-electron chi connectivity index (χ0n) is 24.8. The molecule has 0 saturated carbocycles. The predicted octanol–water partition coefficient (Wildman–Crippen LogP) is 11.7. The summed E-state index contributed by atoms with van der Waals surface area (Å²) in [7, 11) is 0. The van der Waals surface area contributed by atoms with Crippen molar-refractivity contribution in [1.29, 1.82) is 0 Å². The Kier molecular flexibility index (Phi) is 5.28. The number of pyridine rings is 1. The van der Waals surface area contributed by atoms with Gasteiger partial charge in [-0.3, -0.25) is 0 Å². The third-order valence-electron chi connectivity index (χ3n) is 9.38. The minimum absolute atomic E-state index is 0.865. The smallest absolute Gasteiger partial charge is 0.144 e. The Morgan fingerprint density at radius 2 is 1.09 bits per heavy atom. The van der Waals surface area contributed by atoms with Crippen LogP contribution >= 0.6 is 0 Å². The molecular formula is C43H26N2O. The number of fused-ring (bicyclic) bond motifs is 9. The average Bonchev–Trinajstić information content (AvgIpc) is 3.67. The Balaban J connectivity index is 1.16. The fourth-order valence-electron chi connectivity index (χ4n) is 7.28. The summed E-state index contributed by atoms with van der Waals surface area (Å²) >= 11 is 0. The first-order chi connectivity index (χ1) is 22.8. The van der Waals surface area contributed by atoms with Gasteiger partial charge >= 0.3 is 0 Å². The quantitative estimate of drug-likeness (QED) is 0.193. The normalized spacial score (nSPS) is 11.9. The van der Waals surface area contributed by atoms with Crippen LogP contribution in [0, 0.1) is 0 Å². The van der Waals surface area contributed by atoms with Gasteiger partial charge in [0.05, 0.1) is 22.2 Å². The number of nitrogens with zero attached hydrogens (tertiary/aromatic N) is 2. The number of aromatic nitrogens is 2. The van der Waals surface area contributed by atoms with Gasteiger partial charge in [-0.2, -0.15) is 0 Å². The van der Waals surface area contributed by atoms with E-state index in [-0.39, 0.29) is 0 Å². The molecule has 3 nitrogen and oxygen atoms in total. The molecule has 3 heteroatoms. The van der Waals surface area contributed by atoms with E-state index in [1.165, 1.54) is 32.8 Å². The molecule has 0 radical (unpaired) electrons. The Labute approximate surface area is 264 Å². The standard InChI is InChI=1S/C43H26N2O/c1-2-11-29(12-3-1)45-39-20-9-7-15-32(39)36-25-27(21-23-40(36)45)28-22-24-41-37(26-28)34-17-10-18-35(43(34)46-41)42-33-16-5-4-13-30(33)31-14-6-8-19-38(31)44-42/h1-26H. The maximum absolute atomic E-state index is 6.63. The lowest BCUT2D eigenvalue weighted by Crippen LogP contribution is -1.92. The topological polar surface area (TPSA) is 31.0 Å². The van der Waals surface area contributed by atoms with Crippen LogP contribution < -0.4 is 0 Å². The molecule has 0 amide bonds. The van der Waals surface area contributed by atoms with Gasteiger partial charge < -0.3 is 8.98 Å². The first kappa shape index (κ1) is 25.2. The summed E-state index contributed by atoms with van der Waals surface area (Å²) in [6.45, 7) is 0. The molecule has 0 saturated heterocycles. The maximum atomic E-state index is 6.63. The van der Waals surface area contributed by atoms with Gasteiger partial charge in [-0.25, -0.2) is 4.98 Å². The molecule has 0 atom stereocenters. The van der Waals surface area contributed by atoms with Gasteiger partial charge in [0.2, 0.25) is 0 Å². The van der Waals surface area contributed by atoms with Crippen molar-refractivity contribution in [3.05, 3.63) is 158 Å². The highest BCUT2D eigenvalue weighted by atomic mass is 16.3. The molecule has 0 spiro atoms. The molecule has 0 fully saturated rings. The Bertz CT molecular complexity index is 2800. The molecule has 214 valence electrons. The van der Waals surface area contributed by atoms with E-state index in [9.17, 15) is 0 Å². The Hall–Kier alpha value is -6.19. The highest BCUT2D eigenvalue weighted by molar-refractivity contribution is 6.16. The number of furan rings is 1. The second-order valence-corrected chi connectivity index (χ2v) is 11.9. The molecule has 0 bridgehead atoms. The zero-order valence-corrected chi connectivity index (χ0v) is 24.8. The summed E-state index contributed by atoms with van der Waals surface area (Å²) in [5.74, 6) is 0. The Morgan fingerprint density at radius 3 is 1.96 bits per heavy atom. The van der Waals surface area contributed by atoms with Crippen LogP contribution in [0.15, 0.2) is 162 Å². The highest BCUT2D eigenvalue weighted by Crippen LogP contribution is 2.41. The molecule has 0 unspecified atom stereocenters. The van der Waals surface area contributed by atoms with Crippen molar-refractivity contribution in [1.82, 2.24) is 9.55 Å².